The van der Waals surface area contributed by atoms with Gasteiger partial charge >= 0.3 is 0 Å². The molecule has 0 saturated heterocycles. The van der Waals surface area contributed by atoms with Gasteiger partial charge in [-0.05, 0) is 5.31 Å². The Morgan fingerprint density at radius 3 is 1.50 bits per heavy atom. The zero-order chi connectivity index (χ0) is 5.21. The predicted molar refractivity (Wildman–Crippen MR) is 31.1 cm³/mol. The van der Waals surface area contributed by atoms with Gasteiger partial charge in [0.05, 0.1) is 0 Å². The molecule has 0 rings (SSSR count). The first-order valence-corrected chi connectivity index (χ1v) is 2.26. The van der Waals surface area contributed by atoms with Crippen LogP contribution in [0.3, 0.4) is 0 Å². The quantitative estimate of drug-likeness (QED) is 0.426. The van der Waals surface area contributed by atoms with E-state index in [-0.39, 0.29) is 0 Å². The van der Waals surface area contributed by atoms with E-state index in [1.54, 1.807) is 0 Å². The van der Waals surface area contributed by atoms with E-state index in [2.05, 4.69) is 20.8 Å². The lowest BCUT2D eigenvalue weighted by Gasteiger charge is -2.10. The average Bonchev–Trinajstić information content (AvgIpc) is 1.35. The summed E-state index contributed by atoms with van der Waals surface area (Å²) in [6, 6.07) is 0. The Bertz CT molecular complexity index is 37.3. The van der Waals surface area contributed by atoms with Crippen molar-refractivity contribution < 1.29 is 0 Å². The van der Waals surface area contributed by atoms with Crippen LogP contribution < -0.4 is 5.64 Å². The van der Waals surface area contributed by atoms with Gasteiger partial charge in [0.1, 0.15) is 0 Å². The van der Waals surface area contributed by atoms with Crippen molar-refractivity contribution in [3.05, 3.63) is 0 Å². The van der Waals surface area contributed by atoms with Crippen LogP contribution in [0.15, 0.2) is 0 Å². The highest BCUT2D eigenvalue weighted by Crippen LogP contribution is 2.16. The molecule has 0 aliphatic rings. The van der Waals surface area contributed by atoms with Gasteiger partial charge in [0.15, 0.2) is 0 Å². The summed E-state index contributed by atoms with van der Waals surface area (Å²) in [5, 5.41) is 0.319. The van der Waals surface area contributed by atoms with Crippen LogP contribution in [-0.2, 0) is 0 Å². The third kappa shape index (κ3) is 4.02. The second-order valence-corrected chi connectivity index (χ2v) is 2.76. The SMILES string of the molecule is CC(C)(C)BN. The molecule has 0 aliphatic heterocycles. The summed E-state index contributed by atoms with van der Waals surface area (Å²) < 4.78 is 0. The topological polar surface area (TPSA) is 26.0 Å². The highest BCUT2D eigenvalue weighted by atomic mass is 14.4. The lowest BCUT2D eigenvalue weighted by Crippen LogP contribution is -2.17. The molecule has 2 heteroatoms. The Balaban J connectivity index is 3.17. The first-order chi connectivity index (χ1) is 2.56. The summed E-state index contributed by atoms with van der Waals surface area (Å²) in [6.07, 6.45) is 0. The molecule has 0 aliphatic carbocycles. The van der Waals surface area contributed by atoms with E-state index in [1.807, 2.05) is 0 Å². The fourth-order valence-corrected chi connectivity index (χ4v) is 0. The summed E-state index contributed by atoms with van der Waals surface area (Å²) >= 11 is 0. The molecule has 0 aromatic heterocycles. The third-order valence-electron chi connectivity index (χ3n) is 0.612. The van der Waals surface area contributed by atoms with E-state index >= 15 is 0 Å². The van der Waals surface area contributed by atoms with Gasteiger partial charge in [-0.3, -0.25) is 0 Å². The summed E-state index contributed by atoms with van der Waals surface area (Å²) in [4.78, 5) is 0. The van der Waals surface area contributed by atoms with Crippen molar-refractivity contribution in [2.45, 2.75) is 26.1 Å². The van der Waals surface area contributed by atoms with Gasteiger partial charge < -0.3 is 5.64 Å². The molecule has 36 valence electrons. The van der Waals surface area contributed by atoms with E-state index in [0.29, 0.717) is 5.31 Å². The largest absolute Gasteiger partial charge is 0.372 e. The van der Waals surface area contributed by atoms with Crippen LogP contribution in [0.2, 0.25) is 5.31 Å². The molecule has 0 heterocycles. The van der Waals surface area contributed by atoms with Crippen LogP contribution in [0, 0.1) is 0 Å². The van der Waals surface area contributed by atoms with Gasteiger partial charge in [0, 0.05) is 0 Å². The van der Waals surface area contributed by atoms with Gasteiger partial charge in [-0.15, -0.1) is 0 Å². The molecule has 0 spiro atoms. The van der Waals surface area contributed by atoms with Crippen molar-refractivity contribution >= 4 is 7.41 Å². The molecule has 0 atom stereocenters. The molecule has 1 nitrogen and oxygen atoms in total. The minimum absolute atomic E-state index is 0.319. The number of hydrogen-bond acceptors (Lipinski definition) is 1. The molecule has 6 heavy (non-hydrogen) atoms. The molecule has 0 amide bonds. The maximum atomic E-state index is 5.31. The second kappa shape index (κ2) is 1.65. The molecule has 0 bridgehead atoms. The van der Waals surface area contributed by atoms with Crippen LogP contribution in [0.1, 0.15) is 20.8 Å². The molecule has 0 saturated carbocycles. The van der Waals surface area contributed by atoms with E-state index in [9.17, 15) is 0 Å². The molecule has 0 aromatic carbocycles. The van der Waals surface area contributed by atoms with E-state index in [0.717, 1.165) is 7.41 Å². The lowest BCUT2D eigenvalue weighted by atomic mass is 9.66. The standard InChI is InChI=1S/C4H12BN/c1-4(2,3)5-6/h5H,6H2,1-3H3. The molecule has 2 N–H and O–H groups in total. The maximum Gasteiger partial charge on any atom is 0.204 e. The zero-order valence-corrected chi connectivity index (χ0v) is 4.78. The smallest absolute Gasteiger partial charge is 0.204 e. The number of rotatable bonds is 0. The number of hydrogen-bond donors (Lipinski definition) is 1. The first-order valence-electron chi connectivity index (χ1n) is 2.26. The normalized spacial score (nSPS) is 11.3. The Labute approximate surface area is 40.2 Å². The third-order valence-corrected chi connectivity index (χ3v) is 0.612. The molecule has 0 fully saturated rings. The van der Waals surface area contributed by atoms with Gasteiger partial charge in [-0.2, -0.15) is 0 Å². The van der Waals surface area contributed by atoms with E-state index in [1.165, 1.54) is 0 Å². The van der Waals surface area contributed by atoms with Crippen LogP contribution in [0.5, 0.6) is 0 Å². The Kier molecular flexibility index (Phi) is 1.66. The van der Waals surface area contributed by atoms with Crippen LogP contribution in [-0.4, -0.2) is 7.41 Å². The van der Waals surface area contributed by atoms with Gasteiger partial charge in [0.2, 0.25) is 7.41 Å². The molecule has 0 radical (unpaired) electrons. The van der Waals surface area contributed by atoms with Gasteiger partial charge in [-0.25, -0.2) is 0 Å². The van der Waals surface area contributed by atoms with Crippen LogP contribution in [0.25, 0.3) is 0 Å². The van der Waals surface area contributed by atoms with Crippen LogP contribution >= 0.6 is 0 Å². The lowest BCUT2D eigenvalue weighted by molar-refractivity contribution is 0.752. The minimum atomic E-state index is 0.319. The van der Waals surface area contributed by atoms with Crippen molar-refractivity contribution in [1.29, 1.82) is 0 Å². The zero-order valence-electron chi connectivity index (χ0n) is 4.78. The summed E-state index contributed by atoms with van der Waals surface area (Å²) in [6.45, 7) is 6.35. The van der Waals surface area contributed by atoms with Crippen molar-refractivity contribution in [2.24, 2.45) is 5.64 Å². The van der Waals surface area contributed by atoms with E-state index in [4.69, 9.17) is 5.64 Å². The van der Waals surface area contributed by atoms with Crippen molar-refractivity contribution in [3.8, 4) is 0 Å². The monoisotopic (exact) mass is 85.1 g/mol. The summed E-state index contributed by atoms with van der Waals surface area (Å²) in [7, 11) is 0.771. The van der Waals surface area contributed by atoms with Crippen molar-refractivity contribution in [3.63, 3.8) is 0 Å². The Morgan fingerprint density at radius 2 is 1.50 bits per heavy atom. The molecular formula is C4H12BN. The predicted octanol–water partition coefficient (Wildman–Crippen LogP) is 0.515. The average molecular weight is 85.0 g/mol. The van der Waals surface area contributed by atoms with Crippen molar-refractivity contribution in [1.82, 2.24) is 0 Å². The highest BCUT2D eigenvalue weighted by Gasteiger charge is 2.06. The Morgan fingerprint density at radius 1 is 1.33 bits per heavy atom. The number of nitrogens with two attached hydrogens (primary N) is 1. The van der Waals surface area contributed by atoms with Gasteiger partial charge in [0.25, 0.3) is 0 Å². The minimum Gasteiger partial charge on any atom is -0.372 e. The van der Waals surface area contributed by atoms with E-state index < -0.39 is 0 Å². The van der Waals surface area contributed by atoms with Gasteiger partial charge in [-0.1, -0.05) is 20.8 Å². The maximum absolute atomic E-state index is 5.31. The Hall–Kier alpha value is 0.0249. The summed E-state index contributed by atoms with van der Waals surface area (Å²) in [5.41, 5.74) is 5.31. The summed E-state index contributed by atoms with van der Waals surface area (Å²) in [5.74, 6) is 0. The molecular weight excluding hydrogens is 72.9 g/mol. The second-order valence-electron chi connectivity index (χ2n) is 2.76. The fourth-order valence-electron chi connectivity index (χ4n) is 0. The first kappa shape index (κ1) is 6.02. The van der Waals surface area contributed by atoms with Crippen molar-refractivity contribution in [2.75, 3.05) is 0 Å². The van der Waals surface area contributed by atoms with Crippen LogP contribution in [0.4, 0.5) is 0 Å². The molecule has 0 unspecified atom stereocenters. The highest BCUT2D eigenvalue weighted by molar-refractivity contribution is 6.35. The fraction of sp³-hybridized carbons (Fsp3) is 1.00. The molecule has 0 aromatic rings.